The highest BCUT2D eigenvalue weighted by atomic mass is 16.6. The molecule has 1 aromatic heterocycles. The highest BCUT2D eigenvalue weighted by molar-refractivity contribution is 6.41. The second-order valence-electron chi connectivity index (χ2n) is 7.78. The standard InChI is InChI=1S/C23H18N8O7/c24-21-19(27-29-23(33)15-4-2-6-17(12-15)31(36)37)18(20(38-21)13-7-9-25-10-8-13)26-28-22(32)14-3-1-5-16(11-14)30(34)35/h1-12,18,20,24,26H,(H,28,32)(H,29,33)/b24-21?,27-19+/t18-,20-/m1/s1. The van der Waals surface area contributed by atoms with Gasteiger partial charge in [0.1, 0.15) is 17.9 Å². The normalized spacial score (nSPS) is 17.5. The summed E-state index contributed by atoms with van der Waals surface area (Å²) in [4.78, 5) is 49.9. The lowest BCUT2D eigenvalue weighted by Gasteiger charge is -2.19. The van der Waals surface area contributed by atoms with Crippen LogP contribution in [0.2, 0.25) is 0 Å². The molecule has 4 rings (SSSR count). The van der Waals surface area contributed by atoms with Gasteiger partial charge in [-0.2, -0.15) is 5.10 Å². The molecule has 2 aromatic carbocycles. The topological polar surface area (TPSA) is 215 Å². The van der Waals surface area contributed by atoms with Crippen LogP contribution in [0.4, 0.5) is 11.4 Å². The molecule has 2 heterocycles. The molecule has 4 N–H and O–H groups in total. The van der Waals surface area contributed by atoms with Crippen LogP contribution >= 0.6 is 0 Å². The van der Waals surface area contributed by atoms with Gasteiger partial charge in [0.25, 0.3) is 23.2 Å². The largest absolute Gasteiger partial charge is 0.466 e. The van der Waals surface area contributed by atoms with E-state index in [4.69, 9.17) is 10.1 Å². The van der Waals surface area contributed by atoms with Crippen LogP contribution in [0.5, 0.6) is 0 Å². The summed E-state index contributed by atoms with van der Waals surface area (Å²) in [5.74, 6) is -1.89. The first-order valence-electron chi connectivity index (χ1n) is 10.8. The van der Waals surface area contributed by atoms with Crippen LogP contribution in [0, 0.1) is 25.6 Å². The minimum atomic E-state index is -0.988. The number of nitrogens with one attached hydrogen (secondary N) is 4. The number of amides is 2. The molecule has 1 fully saturated rings. The van der Waals surface area contributed by atoms with E-state index in [1.807, 2.05) is 0 Å². The van der Waals surface area contributed by atoms with E-state index >= 15 is 0 Å². The Hall–Kier alpha value is -5.57. The fraction of sp³-hybridized carbons (Fsp3) is 0.0870. The van der Waals surface area contributed by atoms with Gasteiger partial charge in [0.05, 0.1) is 9.85 Å². The molecule has 0 bridgehead atoms. The summed E-state index contributed by atoms with van der Waals surface area (Å²) in [6, 6.07) is 12.3. The van der Waals surface area contributed by atoms with Crippen LogP contribution in [0.25, 0.3) is 0 Å². The highest BCUT2D eigenvalue weighted by Crippen LogP contribution is 2.28. The fourth-order valence-corrected chi connectivity index (χ4v) is 3.53. The number of hydrogen-bond acceptors (Lipinski definition) is 11. The van der Waals surface area contributed by atoms with E-state index < -0.39 is 39.7 Å². The summed E-state index contributed by atoms with van der Waals surface area (Å²) < 4.78 is 5.63. The second kappa shape index (κ2) is 11.0. The highest BCUT2D eigenvalue weighted by Gasteiger charge is 2.41. The first-order chi connectivity index (χ1) is 18.2. The average molecular weight is 518 g/mol. The van der Waals surface area contributed by atoms with E-state index in [1.165, 1.54) is 48.8 Å². The molecule has 1 saturated heterocycles. The van der Waals surface area contributed by atoms with E-state index in [0.29, 0.717) is 5.56 Å². The van der Waals surface area contributed by atoms with Crippen molar-refractivity contribution in [2.24, 2.45) is 5.10 Å². The molecule has 1 aliphatic heterocycles. The van der Waals surface area contributed by atoms with Gasteiger partial charge >= 0.3 is 0 Å². The maximum Gasteiger partial charge on any atom is 0.271 e. The Balaban J connectivity index is 1.57. The molecule has 0 spiro atoms. The Kier molecular flexibility index (Phi) is 7.39. The number of carbonyl (C=O) groups is 2. The number of pyridine rings is 1. The summed E-state index contributed by atoms with van der Waals surface area (Å²) in [5, 5.41) is 34.3. The summed E-state index contributed by atoms with van der Waals surface area (Å²) in [6.07, 6.45) is 2.13. The smallest absolute Gasteiger partial charge is 0.271 e. The second-order valence-corrected chi connectivity index (χ2v) is 7.78. The van der Waals surface area contributed by atoms with Gasteiger partial charge in [-0.05, 0) is 29.8 Å². The predicted molar refractivity (Wildman–Crippen MR) is 131 cm³/mol. The first kappa shape index (κ1) is 25.5. The number of aromatic nitrogens is 1. The van der Waals surface area contributed by atoms with E-state index in [2.05, 4.69) is 26.4 Å². The molecule has 3 aromatic rings. The van der Waals surface area contributed by atoms with Crippen molar-refractivity contribution in [3.63, 3.8) is 0 Å². The van der Waals surface area contributed by atoms with Crippen LogP contribution in [0.3, 0.4) is 0 Å². The quantitative estimate of drug-likeness (QED) is 0.253. The lowest BCUT2D eigenvalue weighted by molar-refractivity contribution is -0.385. The molecular weight excluding hydrogens is 500 g/mol. The number of hydrogen-bond donors (Lipinski definition) is 4. The monoisotopic (exact) mass is 518 g/mol. The number of carbonyl (C=O) groups excluding carboxylic acids is 2. The zero-order chi connectivity index (χ0) is 27.2. The number of ether oxygens (including phenoxy) is 1. The summed E-state index contributed by atoms with van der Waals surface area (Å²) in [6.45, 7) is 0. The average Bonchev–Trinajstić information content (AvgIpc) is 3.25. The molecule has 15 heteroatoms. The number of hydrazone groups is 1. The van der Waals surface area contributed by atoms with E-state index in [-0.39, 0.29) is 28.2 Å². The van der Waals surface area contributed by atoms with Crippen LogP contribution in [-0.4, -0.2) is 44.3 Å². The van der Waals surface area contributed by atoms with Crippen molar-refractivity contribution >= 4 is 34.8 Å². The molecule has 192 valence electrons. The lowest BCUT2D eigenvalue weighted by Crippen LogP contribution is -2.49. The molecule has 0 aliphatic carbocycles. The fourth-order valence-electron chi connectivity index (χ4n) is 3.53. The van der Waals surface area contributed by atoms with E-state index in [9.17, 15) is 29.8 Å². The molecular formula is C23H18N8O7. The Morgan fingerprint density at radius 2 is 1.50 bits per heavy atom. The van der Waals surface area contributed by atoms with Gasteiger partial charge in [-0.15, -0.1) is 0 Å². The van der Waals surface area contributed by atoms with Crippen LogP contribution in [0.15, 0.2) is 78.2 Å². The van der Waals surface area contributed by atoms with Gasteiger partial charge in [-0.3, -0.25) is 45.6 Å². The molecule has 1 aliphatic rings. The third-order valence-corrected chi connectivity index (χ3v) is 5.37. The van der Waals surface area contributed by atoms with E-state index in [0.717, 1.165) is 12.1 Å². The van der Waals surface area contributed by atoms with Crippen LogP contribution < -0.4 is 16.3 Å². The number of rotatable bonds is 8. The number of non-ortho nitro benzene ring substituents is 2. The maximum absolute atomic E-state index is 12.7. The van der Waals surface area contributed by atoms with Crippen molar-refractivity contribution < 1.29 is 24.2 Å². The summed E-state index contributed by atoms with van der Waals surface area (Å²) >= 11 is 0. The molecule has 0 saturated carbocycles. The molecule has 2 amide bonds. The predicted octanol–water partition coefficient (Wildman–Crippen LogP) is 2.04. The Bertz CT molecular complexity index is 1460. The third-order valence-electron chi connectivity index (χ3n) is 5.37. The lowest BCUT2D eigenvalue weighted by atomic mass is 10.0. The maximum atomic E-state index is 12.7. The molecule has 0 unspecified atom stereocenters. The number of nitro benzene ring substituents is 2. The van der Waals surface area contributed by atoms with Crippen molar-refractivity contribution in [2.45, 2.75) is 12.1 Å². The summed E-state index contributed by atoms with van der Waals surface area (Å²) in [7, 11) is 0. The number of nitro groups is 2. The van der Waals surface area contributed by atoms with Gasteiger partial charge in [-0.1, -0.05) is 12.1 Å². The third kappa shape index (κ3) is 5.63. The number of hydrazine groups is 1. The van der Waals surface area contributed by atoms with Crippen molar-refractivity contribution in [3.05, 3.63) is 110 Å². The number of benzene rings is 2. The van der Waals surface area contributed by atoms with Gasteiger partial charge in [0.15, 0.2) is 0 Å². The molecule has 38 heavy (non-hydrogen) atoms. The Labute approximate surface area is 213 Å². The Morgan fingerprint density at radius 3 is 2.08 bits per heavy atom. The first-order valence-corrected chi connectivity index (χ1v) is 10.8. The van der Waals surface area contributed by atoms with Crippen molar-refractivity contribution in [3.8, 4) is 0 Å². The minimum Gasteiger partial charge on any atom is -0.466 e. The number of nitrogens with zero attached hydrogens (tertiary/aromatic N) is 4. The molecule has 0 radical (unpaired) electrons. The van der Waals surface area contributed by atoms with Crippen molar-refractivity contribution in [1.82, 2.24) is 21.3 Å². The SMILES string of the molecule is N=C1O[C@H](c2ccncc2)[C@H](NNC(=O)c2cccc([N+](=O)[O-])c2)/C1=N\NC(=O)c1cccc([N+](=O)[O-])c1. The minimum absolute atomic E-state index is 0.00128. The van der Waals surface area contributed by atoms with Gasteiger partial charge in [0, 0.05) is 47.8 Å². The van der Waals surface area contributed by atoms with Crippen LogP contribution in [0.1, 0.15) is 32.4 Å². The zero-order valence-corrected chi connectivity index (χ0v) is 19.2. The Morgan fingerprint density at radius 1 is 0.921 bits per heavy atom. The van der Waals surface area contributed by atoms with Gasteiger partial charge in [-0.25, -0.2) is 10.9 Å². The van der Waals surface area contributed by atoms with Crippen molar-refractivity contribution in [1.29, 1.82) is 5.41 Å². The van der Waals surface area contributed by atoms with Gasteiger partial charge < -0.3 is 4.74 Å². The molecule has 15 nitrogen and oxygen atoms in total. The molecule has 2 atom stereocenters. The van der Waals surface area contributed by atoms with E-state index in [1.54, 1.807) is 12.1 Å². The zero-order valence-electron chi connectivity index (χ0n) is 19.2. The summed E-state index contributed by atoms with van der Waals surface area (Å²) in [5.41, 5.74) is 7.26. The van der Waals surface area contributed by atoms with Gasteiger partial charge in [0.2, 0.25) is 5.90 Å². The van der Waals surface area contributed by atoms with Crippen molar-refractivity contribution in [2.75, 3.05) is 0 Å². The van der Waals surface area contributed by atoms with Crippen LogP contribution in [-0.2, 0) is 4.74 Å².